The van der Waals surface area contributed by atoms with E-state index in [1.807, 2.05) is 11.3 Å². The Labute approximate surface area is 247 Å². The molecule has 0 saturated heterocycles. The van der Waals surface area contributed by atoms with Crippen LogP contribution in [0.1, 0.15) is 0 Å². The van der Waals surface area contributed by atoms with Crippen molar-refractivity contribution in [3.05, 3.63) is 126 Å². The molecule has 3 nitrogen and oxygen atoms in total. The average molecular weight is 607 g/mol. The molecule has 0 unspecified atom stereocenters. The van der Waals surface area contributed by atoms with Crippen LogP contribution in [0.25, 0.3) is 80.9 Å². The lowest BCUT2D eigenvalue weighted by Gasteiger charge is -2.14. The van der Waals surface area contributed by atoms with Crippen molar-refractivity contribution in [3.8, 4) is 17.2 Å². The van der Waals surface area contributed by atoms with Crippen LogP contribution >= 0.6 is 27.3 Å². The molecule has 0 atom stereocenters. The lowest BCUT2D eigenvalue weighted by atomic mass is 10.0. The van der Waals surface area contributed by atoms with Gasteiger partial charge in [-0.2, -0.15) is 0 Å². The zero-order chi connectivity index (χ0) is 27.1. The van der Waals surface area contributed by atoms with Crippen molar-refractivity contribution < 1.29 is 0 Å². The number of nitrogens with zero attached hydrogens (tertiary/aromatic N) is 3. The van der Waals surface area contributed by atoms with Gasteiger partial charge in [0.1, 0.15) is 0 Å². The molecule has 192 valence electrons. The SMILES string of the molecule is Brc1cc2c3ccccc3n(-c3nc(-c4ccccc4)c4c(ccc5ccccc54)n3)c2c2sc3ccccc3c12. The van der Waals surface area contributed by atoms with Crippen molar-refractivity contribution in [3.63, 3.8) is 0 Å². The van der Waals surface area contributed by atoms with E-state index in [0.717, 1.165) is 43.1 Å². The largest absolute Gasteiger partial charge is 0.276 e. The van der Waals surface area contributed by atoms with Crippen LogP contribution in [0.15, 0.2) is 126 Å². The molecule has 0 spiro atoms. The minimum atomic E-state index is 0.680. The standard InChI is InChI=1S/C36H20BrN3S/c37-27-20-26-24-14-6-8-16-29(24)40(34(26)35-31(27)25-15-7-9-17-30(25)41-35)36-38-28-19-18-21-10-4-5-13-23(21)32(28)33(39-36)22-11-2-1-3-12-22/h1-20H. The second kappa shape index (κ2) is 8.71. The molecule has 0 radical (unpaired) electrons. The molecule has 0 aliphatic heterocycles. The number of para-hydroxylation sites is 1. The Balaban J connectivity index is 1.49. The second-order valence-electron chi connectivity index (χ2n) is 10.3. The summed E-state index contributed by atoms with van der Waals surface area (Å²) >= 11 is 5.76. The number of aromatic nitrogens is 3. The van der Waals surface area contributed by atoms with Gasteiger partial charge in [-0.3, -0.25) is 4.57 Å². The first kappa shape index (κ1) is 23.2. The number of thiophene rings is 1. The summed E-state index contributed by atoms with van der Waals surface area (Å²) in [7, 11) is 0. The second-order valence-corrected chi connectivity index (χ2v) is 12.2. The molecular weight excluding hydrogens is 586 g/mol. The Morgan fingerprint density at radius 3 is 2.22 bits per heavy atom. The van der Waals surface area contributed by atoms with E-state index < -0.39 is 0 Å². The first-order valence-electron chi connectivity index (χ1n) is 13.5. The van der Waals surface area contributed by atoms with Gasteiger partial charge in [-0.15, -0.1) is 11.3 Å². The molecule has 0 amide bonds. The van der Waals surface area contributed by atoms with Gasteiger partial charge in [0.15, 0.2) is 0 Å². The molecule has 5 heteroatoms. The van der Waals surface area contributed by atoms with Crippen LogP contribution in [0.5, 0.6) is 0 Å². The molecule has 9 aromatic rings. The maximum atomic E-state index is 5.39. The Hall–Kier alpha value is -4.58. The molecular formula is C36H20BrN3S. The van der Waals surface area contributed by atoms with Crippen LogP contribution < -0.4 is 0 Å². The first-order chi connectivity index (χ1) is 20.3. The summed E-state index contributed by atoms with van der Waals surface area (Å²) in [6, 6.07) is 42.8. The van der Waals surface area contributed by atoms with E-state index in [-0.39, 0.29) is 0 Å². The molecule has 0 aliphatic rings. The van der Waals surface area contributed by atoms with Crippen molar-refractivity contribution in [1.29, 1.82) is 0 Å². The highest BCUT2D eigenvalue weighted by Crippen LogP contribution is 2.46. The van der Waals surface area contributed by atoms with E-state index >= 15 is 0 Å². The summed E-state index contributed by atoms with van der Waals surface area (Å²) in [5.74, 6) is 0.680. The summed E-state index contributed by atoms with van der Waals surface area (Å²) < 4.78 is 5.88. The fourth-order valence-electron chi connectivity index (χ4n) is 6.29. The third kappa shape index (κ3) is 3.30. The number of halogens is 1. The normalized spacial score (nSPS) is 12.0. The van der Waals surface area contributed by atoms with E-state index in [2.05, 4.69) is 142 Å². The zero-order valence-corrected chi connectivity index (χ0v) is 24.1. The summed E-state index contributed by atoms with van der Waals surface area (Å²) in [6.07, 6.45) is 0. The van der Waals surface area contributed by atoms with Gasteiger partial charge in [0.25, 0.3) is 0 Å². The Morgan fingerprint density at radius 1 is 0.610 bits per heavy atom. The Morgan fingerprint density at radius 2 is 1.34 bits per heavy atom. The minimum Gasteiger partial charge on any atom is -0.276 e. The highest BCUT2D eigenvalue weighted by Gasteiger charge is 2.22. The monoisotopic (exact) mass is 605 g/mol. The highest BCUT2D eigenvalue weighted by atomic mass is 79.9. The van der Waals surface area contributed by atoms with E-state index in [4.69, 9.17) is 9.97 Å². The summed E-state index contributed by atoms with van der Waals surface area (Å²) in [5.41, 5.74) is 5.19. The van der Waals surface area contributed by atoms with Gasteiger partial charge >= 0.3 is 0 Å². The minimum absolute atomic E-state index is 0.680. The molecule has 0 bridgehead atoms. The van der Waals surface area contributed by atoms with Gasteiger partial charge in [0.2, 0.25) is 5.95 Å². The average Bonchev–Trinajstić information content (AvgIpc) is 3.58. The molecule has 0 fully saturated rings. The third-order valence-corrected chi connectivity index (χ3v) is 9.86. The van der Waals surface area contributed by atoms with Gasteiger partial charge in [0.05, 0.1) is 26.9 Å². The fraction of sp³-hybridized carbons (Fsp3) is 0. The predicted molar refractivity (Wildman–Crippen MR) is 177 cm³/mol. The molecule has 41 heavy (non-hydrogen) atoms. The quantitative estimate of drug-likeness (QED) is 0.183. The van der Waals surface area contributed by atoms with E-state index in [0.29, 0.717) is 5.95 Å². The maximum Gasteiger partial charge on any atom is 0.235 e. The highest BCUT2D eigenvalue weighted by molar-refractivity contribution is 9.10. The van der Waals surface area contributed by atoms with Crippen molar-refractivity contribution >= 4 is 90.9 Å². The Kier molecular flexibility index (Phi) is 4.92. The number of hydrogen-bond acceptors (Lipinski definition) is 3. The van der Waals surface area contributed by atoms with Gasteiger partial charge in [-0.05, 0) is 35.0 Å². The van der Waals surface area contributed by atoms with Crippen molar-refractivity contribution in [2.45, 2.75) is 0 Å². The van der Waals surface area contributed by atoms with Crippen molar-refractivity contribution in [2.75, 3.05) is 0 Å². The lowest BCUT2D eigenvalue weighted by Crippen LogP contribution is -2.04. The van der Waals surface area contributed by atoms with Crippen LogP contribution in [0.2, 0.25) is 0 Å². The number of benzene rings is 6. The van der Waals surface area contributed by atoms with E-state index in [9.17, 15) is 0 Å². The molecule has 9 rings (SSSR count). The molecule has 0 N–H and O–H groups in total. The van der Waals surface area contributed by atoms with E-state index in [1.54, 1.807) is 0 Å². The lowest BCUT2D eigenvalue weighted by molar-refractivity contribution is 1.02. The smallest absolute Gasteiger partial charge is 0.235 e. The first-order valence-corrected chi connectivity index (χ1v) is 15.2. The van der Waals surface area contributed by atoms with Crippen molar-refractivity contribution in [2.24, 2.45) is 0 Å². The molecule has 0 saturated carbocycles. The van der Waals surface area contributed by atoms with Crippen LogP contribution in [0.3, 0.4) is 0 Å². The zero-order valence-electron chi connectivity index (χ0n) is 21.7. The van der Waals surface area contributed by atoms with Crippen LogP contribution in [-0.2, 0) is 0 Å². The maximum absolute atomic E-state index is 5.39. The topological polar surface area (TPSA) is 30.7 Å². The van der Waals surface area contributed by atoms with Crippen molar-refractivity contribution in [1.82, 2.24) is 14.5 Å². The van der Waals surface area contributed by atoms with Crippen LogP contribution in [0, 0.1) is 0 Å². The Bertz CT molecular complexity index is 2490. The number of rotatable bonds is 2. The van der Waals surface area contributed by atoms with Crippen LogP contribution in [0.4, 0.5) is 0 Å². The summed E-state index contributed by atoms with van der Waals surface area (Å²) in [4.78, 5) is 10.7. The molecule has 0 aliphatic carbocycles. The molecule has 3 aromatic heterocycles. The number of hydrogen-bond donors (Lipinski definition) is 0. The van der Waals surface area contributed by atoms with Gasteiger partial charge in [-0.1, -0.05) is 113 Å². The number of fused-ring (bicyclic) bond motifs is 10. The van der Waals surface area contributed by atoms with Crippen LogP contribution in [-0.4, -0.2) is 14.5 Å². The van der Waals surface area contributed by atoms with E-state index in [1.165, 1.54) is 36.3 Å². The van der Waals surface area contributed by atoms with Gasteiger partial charge in [-0.25, -0.2) is 9.97 Å². The molecule has 3 heterocycles. The molecule has 6 aromatic carbocycles. The fourth-order valence-corrected chi connectivity index (χ4v) is 8.32. The summed E-state index contributed by atoms with van der Waals surface area (Å²) in [5, 5.41) is 8.29. The van der Waals surface area contributed by atoms with Gasteiger partial charge in [0, 0.05) is 41.7 Å². The van der Waals surface area contributed by atoms with Gasteiger partial charge < -0.3 is 0 Å². The summed E-state index contributed by atoms with van der Waals surface area (Å²) in [6.45, 7) is 0. The predicted octanol–water partition coefficient (Wildman–Crippen LogP) is 10.7. The third-order valence-electron chi connectivity index (χ3n) is 8.06.